The summed E-state index contributed by atoms with van der Waals surface area (Å²) in [7, 11) is 1.52. The quantitative estimate of drug-likeness (QED) is 0.378. The van der Waals surface area contributed by atoms with E-state index in [4.69, 9.17) is 0 Å². The Balaban J connectivity index is 0.00000218. The fourth-order valence-electron chi connectivity index (χ4n) is 3.44. The van der Waals surface area contributed by atoms with E-state index >= 15 is 0 Å². The number of rotatable bonds is 9. The smallest absolute Gasteiger partial charge is 0.255 e. The second kappa shape index (κ2) is 12.8. The van der Waals surface area contributed by atoms with Gasteiger partial charge in [-0.05, 0) is 38.0 Å². The number of carbonyl (C=O) groups excluding carboxylic acids is 4. The molecule has 1 N–H and O–H groups in total. The van der Waals surface area contributed by atoms with Gasteiger partial charge in [-0.15, -0.1) is 0 Å². The van der Waals surface area contributed by atoms with Gasteiger partial charge >= 0.3 is 0 Å². The first kappa shape index (κ1) is 25.3. The lowest BCUT2D eigenvalue weighted by Crippen LogP contribution is -2.53. The highest BCUT2D eigenvalue weighted by Gasteiger charge is 2.33. The molecule has 1 fully saturated rings. The molecule has 2 rings (SSSR count). The second-order valence-corrected chi connectivity index (χ2v) is 7.06. The maximum Gasteiger partial charge on any atom is 0.255 e. The summed E-state index contributed by atoms with van der Waals surface area (Å²) in [4.78, 5) is 51.4. The summed E-state index contributed by atoms with van der Waals surface area (Å²) in [5.74, 6) is -1.22. The maximum absolute atomic E-state index is 12.9. The van der Waals surface area contributed by atoms with Crippen molar-refractivity contribution in [1.82, 2.24) is 10.2 Å². The minimum absolute atomic E-state index is 0.191. The van der Waals surface area contributed by atoms with Crippen LogP contribution in [0.4, 0.5) is 5.69 Å². The maximum atomic E-state index is 12.9. The van der Waals surface area contributed by atoms with Crippen molar-refractivity contribution in [2.45, 2.75) is 65.8 Å². The molecule has 1 aromatic carbocycles. The van der Waals surface area contributed by atoms with Crippen molar-refractivity contribution in [1.29, 1.82) is 0 Å². The molecule has 0 radical (unpaired) electrons. The first-order chi connectivity index (χ1) is 14.4. The topological polar surface area (TPSA) is 86.8 Å². The SMILES string of the molecule is CC.CCCCCN(CC)c1ccc(C(=O)N(C)C2CCC(=O)NC2=O)c(C=O)c1. The Bertz CT molecular complexity index is 748. The Labute approximate surface area is 179 Å². The van der Waals surface area contributed by atoms with Crippen molar-refractivity contribution in [2.75, 3.05) is 25.0 Å². The van der Waals surface area contributed by atoms with Crippen molar-refractivity contribution in [3.8, 4) is 0 Å². The van der Waals surface area contributed by atoms with Crippen LogP contribution < -0.4 is 10.2 Å². The highest BCUT2D eigenvalue weighted by molar-refractivity contribution is 6.06. The van der Waals surface area contributed by atoms with Crippen LogP contribution in [-0.4, -0.2) is 55.1 Å². The van der Waals surface area contributed by atoms with Crippen LogP contribution in [0.2, 0.25) is 0 Å². The van der Waals surface area contributed by atoms with Crippen LogP contribution in [0.1, 0.15) is 80.5 Å². The highest BCUT2D eigenvalue weighted by Crippen LogP contribution is 2.22. The molecule has 1 aliphatic rings. The third-order valence-corrected chi connectivity index (χ3v) is 5.17. The van der Waals surface area contributed by atoms with Crippen LogP contribution in [0.15, 0.2) is 18.2 Å². The van der Waals surface area contributed by atoms with E-state index < -0.39 is 17.9 Å². The number of anilines is 1. The molecule has 1 saturated heterocycles. The fraction of sp³-hybridized carbons (Fsp3) is 0.565. The standard InChI is InChI=1S/C21H29N3O4.C2H6/c1-4-6-7-12-24(5-2)16-8-9-17(15(13-16)14-25)21(28)23(3)18-10-11-19(26)22-20(18)27;1-2/h8-9,13-14,18H,4-7,10-12H2,1-3H3,(H,22,26,27);1-2H3. The average molecular weight is 418 g/mol. The molecule has 1 aliphatic heterocycles. The van der Waals surface area contributed by atoms with Crippen LogP contribution in [-0.2, 0) is 9.59 Å². The molecule has 0 saturated carbocycles. The minimum atomic E-state index is -0.717. The predicted molar refractivity (Wildman–Crippen MR) is 119 cm³/mol. The van der Waals surface area contributed by atoms with E-state index in [1.54, 1.807) is 12.1 Å². The number of carbonyl (C=O) groups is 4. The Morgan fingerprint density at radius 3 is 2.47 bits per heavy atom. The number of amides is 3. The van der Waals surface area contributed by atoms with Gasteiger partial charge in [0.15, 0.2) is 6.29 Å². The van der Waals surface area contributed by atoms with Gasteiger partial charge in [0.1, 0.15) is 6.04 Å². The van der Waals surface area contributed by atoms with E-state index in [-0.39, 0.29) is 24.3 Å². The van der Waals surface area contributed by atoms with Gasteiger partial charge in [-0.3, -0.25) is 24.5 Å². The summed E-state index contributed by atoms with van der Waals surface area (Å²) in [6.45, 7) is 9.92. The first-order valence-corrected chi connectivity index (χ1v) is 10.9. The second-order valence-electron chi connectivity index (χ2n) is 7.06. The molecule has 166 valence electrons. The number of imide groups is 1. The molecule has 1 heterocycles. The largest absolute Gasteiger partial charge is 0.372 e. The van der Waals surface area contributed by atoms with Crippen LogP contribution in [0.3, 0.4) is 0 Å². The molecule has 1 atom stereocenters. The first-order valence-electron chi connectivity index (χ1n) is 10.9. The zero-order chi connectivity index (χ0) is 22.7. The Morgan fingerprint density at radius 1 is 1.20 bits per heavy atom. The van der Waals surface area contributed by atoms with Crippen molar-refractivity contribution < 1.29 is 19.2 Å². The van der Waals surface area contributed by atoms with E-state index in [1.165, 1.54) is 11.9 Å². The van der Waals surface area contributed by atoms with E-state index in [1.807, 2.05) is 19.9 Å². The molecule has 7 heteroatoms. The van der Waals surface area contributed by atoms with Gasteiger partial charge in [-0.25, -0.2) is 0 Å². The lowest BCUT2D eigenvalue weighted by atomic mass is 10.0. The summed E-state index contributed by atoms with van der Waals surface area (Å²) < 4.78 is 0. The minimum Gasteiger partial charge on any atom is -0.372 e. The van der Waals surface area contributed by atoms with Gasteiger partial charge in [-0.1, -0.05) is 33.6 Å². The highest BCUT2D eigenvalue weighted by atomic mass is 16.2. The van der Waals surface area contributed by atoms with E-state index in [2.05, 4.69) is 24.1 Å². The zero-order valence-electron chi connectivity index (χ0n) is 18.9. The van der Waals surface area contributed by atoms with Gasteiger partial charge < -0.3 is 9.80 Å². The third kappa shape index (κ3) is 6.40. The summed E-state index contributed by atoms with van der Waals surface area (Å²) in [5.41, 5.74) is 1.46. The number of benzene rings is 1. The number of nitrogens with one attached hydrogen (secondary N) is 1. The normalized spacial score (nSPS) is 15.6. The lowest BCUT2D eigenvalue weighted by Gasteiger charge is -2.30. The lowest BCUT2D eigenvalue weighted by molar-refractivity contribution is -0.136. The molecule has 1 unspecified atom stereocenters. The van der Waals surface area contributed by atoms with Crippen molar-refractivity contribution in [3.63, 3.8) is 0 Å². The Morgan fingerprint density at radius 2 is 1.90 bits per heavy atom. The van der Waals surface area contributed by atoms with Crippen LogP contribution in [0.5, 0.6) is 0 Å². The summed E-state index contributed by atoms with van der Waals surface area (Å²) in [6, 6.07) is 4.50. The Kier molecular flexibility index (Phi) is 10.8. The van der Waals surface area contributed by atoms with Gasteiger partial charge in [0, 0.05) is 37.8 Å². The van der Waals surface area contributed by atoms with Gasteiger partial charge in [0.2, 0.25) is 11.8 Å². The van der Waals surface area contributed by atoms with E-state index in [0.29, 0.717) is 11.8 Å². The molecule has 30 heavy (non-hydrogen) atoms. The predicted octanol–water partition coefficient (Wildman–Crippen LogP) is 3.42. The molecule has 0 bridgehead atoms. The molecule has 3 amide bonds. The fourth-order valence-corrected chi connectivity index (χ4v) is 3.44. The van der Waals surface area contributed by atoms with E-state index in [9.17, 15) is 19.2 Å². The monoisotopic (exact) mass is 417 g/mol. The number of unbranched alkanes of at least 4 members (excludes halogenated alkanes) is 2. The Hall–Kier alpha value is -2.70. The third-order valence-electron chi connectivity index (χ3n) is 5.17. The van der Waals surface area contributed by atoms with Gasteiger partial charge in [0.25, 0.3) is 5.91 Å². The summed E-state index contributed by atoms with van der Waals surface area (Å²) in [6.07, 6.45) is 4.50. The molecule has 0 aromatic heterocycles. The number of nitrogens with zero attached hydrogens (tertiary/aromatic N) is 2. The van der Waals surface area contributed by atoms with Gasteiger partial charge in [0.05, 0.1) is 5.56 Å². The van der Waals surface area contributed by atoms with Gasteiger partial charge in [-0.2, -0.15) is 0 Å². The number of hydrogen-bond acceptors (Lipinski definition) is 5. The zero-order valence-corrected chi connectivity index (χ0v) is 18.9. The average Bonchev–Trinajstić information content (AvgIpc) is 2.77. The molecule has 0 spiro atoms. The summed E-state index contributed by atoms with van der Waals surface area (Å²) >= 11 is 0. The molecule has 0 aliphatic carbocycles. The molecular weight excluding hydrogens is 382 g/mol. The van der Waals surface area contributed by atoms with E-state index in [0.717, 1.165) is 38.0 Å². The number of piperidine rings is 1. The molecule has 7 nitrogen and oxygen atoms in total. The van der Waals surface area contributed by atoms with Crippen molar-refractivity contribution >= 4 is 29.7 Å². The van der Waals surface area contributed by atoms with Crippen LogP contribution >= 0.6 is 0 Å². The van der Waals surface area contributed by atoms with Crippen molar-refractivity contribution in [3.05, 3.63) is 29.3 Å². The number of likely N-dealkylation sites (N-methyl/N-ethyl adjacent to an activating group) is 1. The molecular formula is C23H35N3O4. The number of hydrogen-bond donors (Lipinski definition) is 1. The molecule has 1 aromatic rings. The summed E-state index contributed by atoms with van der Waals surface area (Å²) in [5, 5.41) is 2.25. The van der Waals surface area contributed by atoms with Crippen LogP contribution in [0.25, 0.3) is 0 Å². The van der Waals surface area contributed by atoms with Crippen LogP contribution in [0, 0.1) is 0 Å². The number of aldehydes is 1. The van der Waals surface area contributed by atoms with Crippen molar-refractivity contribution in [2.24, 2.45) is 0 Å².